The Morgan fingerprint density at radius 3 is 2.80 bits per heavy atom. The number of nitrogens with zero attached hydrogens (tertiary/aromatic N) is 3. The maximum absolute atomic E-state index is 14.3. The van der Waals surface area contributed by atoms with Crippen LogP contribution in [0.1, 0.15) is 64.3 Å². The quantitative estimate of drug-likeness (QED) is 0.499. The van der Waals surface area contributed by atoms with Gasteiger partial charge in [-0.25, -0.2) is 19.0 Å². The summed E-state index contributed by atoms with van der Waals surface area (Å²) in [5.74, 6) is -0.870. The number of amides is 2. The number of carboxylic acid groups (broad SMARTS) is 1. The predicted octanol–water partition coefficient (Wildman–Crippen LogP) is 5.46. The van der Waals surface area contributed by atoms with Gasteiger partial charge in [-0.05, 0) is 55.5 Å². The van der Waals surface area contributed by atoms with Crippen LogP contribution >= 0.6 is 11.6 Å². The Morgan fingerprint density at radius 1 is 1.23 bits per heavy atom. The van der Waals surface area contributed by atoms with Crippen LogP contribution in [0.3, 0.4) is 0 Å². The van der Waals surface area contributed by atoms with E-state index in [1.165, 1.54) is 29.3 Å². The summed E-state index contributed by atoms with van der Waals surface area (Å²) in [6.45, 7) is 0.191. The van der Waals surface area contributed by atoms with Gasteiger partial charge in [-0.2, -0.15) is 0 Å². The van der Waals surface area contributed by atoms with Crippen LogP contribution < -0.4 is 15.0 Å². The first kappa shape index (κ1) is 21.8. The van der Waals surface area contributed by atoms with E-state index in [1.54, 1.807) is 12.1 Å². The number of urea groups is 1. The summed E-state index contributed by atoms with van der Waals surface area (Å²) in [7, 11) is 0. The van der Waals surface area contributed by atoms with Crippen molar-refractivity contribution in [3.8, 4) is 5.75 Å². The monoisotopic (exact) mass is 494 g/mol. The van der Waals surface area contributed by atoms with Gasteiger partial charge in [0.05, 0.1) is 28.6 Å². The standard InChI is InChI=1S/C25H20ClFN4O4/c26-15-8-13-5-6-20(23-16(27)2-1-7-28-23)35-21(13)10-19(15)31-11-14-17(30-25(31)34)9-18(24(32)33)29-22(14)12-3-4-12/h1-2,7-10,12,20H,3-6,11H2,(H,30,34)(H,32,33). The summed E-state index contributed by atoms with van der Waals surface area (Å²) < 4.78 is 20.4. The van der Waals surface area contributed by atoms with Crippen molar-refractivity contribution in [3.05, 3.63) is 75.6 Å². The molecule has 178 valence electrons. The van der Waals surface area contributed by atoms with Gasteiger partial charge in [-0.15, -0.1) is 0 Å². The minimum absolute atomic E-state index is 0.0904. The molecule has 0 spiro atoms. The number of carboxylic acids is 1. The van der Waals surface area contributed by atoms with Gasteiger partial charge in [0.25, 0.3) is 0 Å². The van der Waals surface area contributed by atoms with Crippen LogP contribution in [0.15, 0.2) is 36.5 Å². The predicted molar refractivity (Wildman–Crippen MR) is 126 cm³/mol. The summed E-state index contributed by atoms with van der Waals surface area (Å²) in [4.78, 5) is 34.6. The number of anilines is 2. The van der Waals surface area contributed by atoms with E-state index in [1.807, 2.05) is 0 Å². The summed E-state index contributed by atoms with van der Waals surface area (Å²) in [5.41, 5.74) is 3.40. The fraction of sp³-hybridized carbons (Fsp3) is 0.280. The summed E-state index contributed by atoms with van der Waals surface area (Å²) in [6.07, 6.45) is 4.01. The van der Waals surface area contributed by atoms with Crippen LogP contribution in [0.25, 0.3) is 0 Å². The molecule has 1 aromatic carbocycles. The Bertz CT molecular complexity index is 1390. The molecule has 8 nitrogen and oxygen atoms in total. The number of hydrogen-bond acceptors (Lipinski definition) is 5. The molecule has 0 bridgehead atoms. The third-order valence-corrected chi connectivity index (χ3v) is 6.90. The lowest BCUT2D eigenvalue weighted by atomic mass is 9.98. The second kappa shape index (κ2) is 8.20. The fourth-order valence-corrected chi connectivity index (χ4v) is 4.99. The number of pyridine rings is 2. The lowest BCUT2D eigenvalue weighted by Crippen LogP contribution is -2.40. The highest BCUT2D eigenvalue weighted by atomic mass is 35.5. The SMILES string of the molecule is O=C(O)c1cc2c(c(C3CC3)n1)CN(c1cc3c(cc1Cl)CCC(c1ncccc1F)O3)C(=O)N2. The van der Waals surface area contributed by atoms with Crippen molar-refractivity contribution < 1.29 is 23.8 Å². The molecule has 1 atom stereocenters. The Kier molecular flexibility index (Phi) is 5.10. The van der Waals surface area contributed by atoms with E-state index in [0.717, 1.165) is 24.0 Å². The number of aryl methyl sites for hydroxylation is 1. The third-order valence-electron chi connectivity index (χ3n) is 6.60. The first-order chi connectivity index (χ1) is 16.9. The average molecular weight is 495 g/mol. The number of hydrogen-bond donors (Lipinski definition) is 2. The van der Waals surface area contributed by atoms with E-state index < -0.39 is 23.9 Å². The Hall–Kier alpha value is -3.72. The van der Waals surface area contributed by atoms with E-state index in [0.29, 0.717) is 40.7 Å². The van der Waals surface area contributed by atoms with Crippen molar-refractivity contribution in [1.82, 2.24) is 9.97 Å². The van der Waals surface area contributed by atoms with Crippen LogP contribution in [-0.4, -0.2) is 27.1 Å². The van der Waals surface area contributed by atoms with E-state index in [9.17, 15) is 19.1 Å². The van der Waals surface area contributed by atoms with E-state index in [2.05, 4.69) is 15.3 Å². The van der Waals surface area contributed by atoms with Crippen LogP contribution in [0.5, 0.6) is 5.75 Å². The van der Waals surface area contributed by atoms with Crippen molar-refractivity contribution in [2.24, 2.45) is 0 Å². The van der Waals surface area contributed by atoms with Crippen molar-refractivity contribution in [2.75, 3.05) is 10.2 Å². The smallest absolute Gasteiger partial charge is 0.354 e. The van der Waals surface area contributed by atoms with Gasteiger partial charge < -0.3 is 15.2 Å². The number of carbonyl (C=O) groups is 2. The molecule has 2 aliphatic heterocycles. The summed E-state index contributed by atoms with van der Waals surface area (Å²) >= 11 is 6.60. The van der Waals surface area contributed by atoms with Gasteiger partial charge in [0, 0.05) is 23.7 Å². The third kappa shape index (κ3) is 3.85. The zero-order chi connectivity index (χ0) is 24.3. The van der Waals surface area contributed by atoms with Crippen molar-refractivity contribution in [1.29, 1.82) is 0 Å². The molecule has 1 aliphatic carbocycles. The zero-order valence-corrected chi connectivity index (χ0v) is 19.2. The molecular weight excluding hydrogens is 475 g/mol. The average Bonchev–Trinajstić information content (AvgIpc) is 3.68. The molecule has 0 saturated heterocycles. The van der Waals surface area contributed by atoms with Gasteiger partial charge in [-0.1, -0.05) is 11.6 Å². The molecular formula is C25H20ClFN4O4. The maximum Gasteiger partial charge on any atom is 0.354 e. The number of aromatic carboxylic acids is 1. The van der Waals surface area contributed by atoms with Crippen molar-refractivity contribution >= 4 is 35.0 Å². The van der Waals surface area contributed by atoms with Crippen LogP contribution in [0.2, 0.25) is 5.02 Å². The highest BCUT2D eigenvalue weighted by molar-refractivity contribution is 6.34. The zero-order valence-electron chi connectivity index (χ0n) is 18.4. The van der Waals surface area contributed by atoms with Crippen LogP contribution in [0.4, 0.5) is 20.6 Å². The number of carbonyl (C=O) groups excluding carboxylic acids is 1. The molecule has 4 heterocycles. The molecule has 10 heteroatoms. The van der Waals surface area contributed by atoms with Gasteiger partial charge >= 0.3 is 12.0 Å². The minimum Gasteiger partial charge on any atom is -0.484 e. The van der Waals surface area contributed by atoms with Gasteiger partial charge in [-0.3, -0.25) is 9.88 Å². The molecule has 2 amide bonds. The molecule has 3 aliphatic rings. The molecule has 0 radical (unpaired) electrons. The molecule has 35 heavy (non-hydrogen) atoms. The molecule has 2 aromatic heterocycles. The second-order valence-corrected chi connectivity index (χ2v) is 9.35. The number of fused-ring (bicyclic) bond motifs is 2. The number of benzene rings is 1. The molecule has 2 N–H and O–H groups in total. The number of rotatable bonds is 4. The summed E-state index contributed by atoms with van der Waals surface area (Å²) in [5, 5.41) is 12.6. The van der Waals surface area contributed by atoms with E-state index >= 15 is 0 Å². The largest absolute Gasteiger partial charge is 0.484 e. The van der Waals surface area contributed by atoms with Crippen LogP contribution in [-0.2, 0) is 13.0 Å². The first-order valence-electron chi connectivity index (χ1n) is 11.3. The van der Waals surface area contributed by atoms with E-state index in [4.69, 9.17) is 16.3 Å². The van der Waals surface area contributed by atoms with Crippen molar-refractivity contribution in [3.63, 3.8) is 0 Å². The molecule has 1 fully saturated rings. The normalized spacial score (nSPS) is 18.9. The highest BCUT2D eigenvalue weighted by Gasteiger charge is 2.36. The first-order valence-corrected chi connectivity index (χ1v) is 11.7. The number of aromatic nitrogens is 2. The Labute approximate surface area is 204 Å². The summed E-state index contributed by atoms with van der Waals surface area (Å²) in [6, 6.07) is 7.31. The molecule has 6 rings (SSSR count). The molecule has 1 unspecified atom stereocenters. The van der Waals surface area contributed by atoms with Crippen LogP contribution in [0, 0.1) is 5.82 Å². The molecule has 3 aromatic rings. The van der Waals surface area contributed by atoms with Crippen molar-refractivity contribution in [2.45, 2.75) is 44.2 Å². The fourth-order valence-electron chi connectivity index (χ4n) is 4.70. The van der Waals surface area contributed by atoms with Gasteiger partial charge in [0.2, 0.25) is 0 Å². The maximum atomic E-state index is 14.3. The van der Waals surface area contributed by atoms with E-state index in [-0.39, 0.29) is 23.9 Å². The number of ether oxygens (including phenoxy) is 1. The Morgan fingerprint density at radius 2 is 2.06 bits per heavy atom. The van der Waals surface area contributed by atoms with Gasteiger partial charge in [0.15, 0.2) is 5.69 Å². The minimum atomic E-state index is -1.14. The lowest BCUT2D eigenvalue weighted by Gasteiger charge is -2.33. The highest BCUT2D eigenvalue weighted by Crippen LogP contribution is 2.46. The number of halogens is 2. The topological polar surface area (TPSA) is 105 Å². The van der Waals surface area contributed by atoms with Gasteiger partial charge in [0.1, 0.15) is 23.4 Å². The molecule has 1 saturated carbocycles. The Balaban J connectivity index is 1.36. The lowest BCUT2D eigenvalue weighted by molar-refractivity contribution is 0.0690. The second-order valence-electron chi connectivity index (χ2n) is 8.94. The number of nitrogens with one attached hydrogen (secondary N) is 1.